The van der Waals surface area contributed by atoms with Crippen molar-refractivity contribution in [2.45, 2.75) is 6.92 Å². The maximum Gasteiger partial charge on any atom is 0.229 e. The van der Waals surface area contributed by atoms with Crippen molar-refractivity contribution in [2.24, 2.45) is 0 Å². The summed E-state index contributed by atoms with van der Waals surface area (Å²) in [4.78, 5) is 17.1. The Morgan fingerprint density at radius 3 is 2.81 bits per heavy atom. The lowest BCUT2D eigenvalue weighted by Gasteiger charge is -2.20. The molecule has 2 rings (SSSR count). The number of anilines is 2. The van der Waals surface area contributed by atoms with Gasteiger partial charge in [-0.25, -0.2) is 9.37 Å². The average Bonchev–Trinajstić information content (AvgIpc) is 2.49. The van der Waals surface area contributed by atoms with Gasteiger partial charge >= 0.3 is 0 Å². The molecule has 7 heteroatoms. The smallest absolute Gasteiger partial charge is 0.229 e. The van der Waals surface area contributed by atoms with E-state index in [1.807, 2.05) is 0 Å². The largest absolute Gasteiger partial charge is 0.630 e. The van der Waals surface area contributed by atoms with Crippen LogP contribution >= 0.6 is 0 Å². The first-order valence-corrected chi connectivity index (χ1v) is 5.98. The molecule has 0 radical (unpaired) electrons. The highest BCUT2D eigenvalue weighted by Crippen LogP contribution is 2.26. The third kappa shape index (κ3) is 3.02. The SMILES string of the molecule is CC(=O)N(c1ccc(F)c(C#N)c1)c1cc([NH2+][O-])ccn1. The number of aromatic nitrogens is 1. The van der Waals surface area contributed by atoms with E-state index < -0.39 is 5.82 Å². The lowest BCUT2D eigenvalue weighted by atomic mass is 10.2. The Morgan fingerprint density at radius 2 is 2.19 bits per heavy atom. The lowest BCUT2D eigenvalue weighted by Crippen LogP contribution is -2.70. The van der Waals surface area contributed by atoms with E-state index >= 15 is 0 Å². The molecule has 0 saturated carbocycles. The fraction of sp³-hybridized carbons (Fsp3) is 0.0714. The molecule has 0 spiro atoms. The molecule has 1 amide bonds. The van der Waals surface area contributed by atoms with E-state index in [2.05, 4.69) is 4.98 Å². The molecule has 1 aromatic heterocycles. The van der Waals surface area contributed by atoms with Gasteiger partial charge in [-0.1, -0.05) is 0 Å². The quantitative estimate of drug-likeness (QED) is 0.864. The number of hydrogen-bond acceptors (Lipinski definition) is 4. The molecule has 0 fully saturated rings. The molecule has 2 aromatic rings. The fourth-order valence-corrected chi connectivity index (χ4v) is 1.84. The Balaban J connectivity index is 2.54. The predicted octanol–water partition coefficient (Wildman–Crippen LogP) is 1.47. The van der Waals surface area contributed by atoms with Crippen LogP contribution in [0, 0.1) is 22.4 Å². The van der Waals surface area contributed by atoms with E-state index in [1.54, 1.807) is 6.07 Å². The van der Waals surface area contributed by atoms with E-state index in [0.29, 0.717) is 16.9 Å². The van der Waals surface area contributed by atoms with Gasteiger partial charge in [0.05, 0.1) is 11.3 Å². The number of rotatable bonds is 3. The molecule has 0 aliphatic rings. The van der Waals surface area contributed by atoms with Gasteiger partial charge in [0, 0.05) is 25.3 Å². The van der Waals surface area contributed by atoms with Crippen LogP contribution in [0.15, 0.2) is 36.5 Å². The molecule has 0 saturated heterocycles. The number of hydrogen-bond donors (Lipinski definition) is 1. The van der Waals surface area contributed by atoms with Crippen molar-refractivity contribution in [1.82, 2.24) is 4.98 Å². The standard InChI is InChI=1S/C14H11FN4O2/c1-9(20)19(14-7-11(18-21)4-5-17-14)12-2-3-13(15)10(6-12)8-16/h2-7H,18H2,1H3. The van der Waals surface area contributed by atoms with E-state index in [4.69, 9.17) is 5.26 Å². The number of nitriles is 1. The molecule has 0 aliphatic heterocycles. The summed E-state index contributed by atoms with van der Waals surface area (Å²) in [5, 5.41) is 19.7. The first-order chi connectivity index (χ1) is 10.1. The van der Waals surface area contributed by atoms with Crippen molar-refractivity contribution in [3.8, 4) is 6.07 Å². The number of halogens is 1. The van der Waals surface area contributed by atoms with Crippen molar-refractivity contribution >= 4 is 23.1 Å². The molecule has 0 atom stereocenters. The Morgan fingerprint density at radius 1 is 1.43 bits per heavy atom. The Kier molecular flexibility index (Phi) is 4.23. The summed E-state index contributed by atoms with van der Waals surface area (Å²) in [7, 11) is 0. The second-order valence-electron chi connectivity index (χ2n) is 4.20. The molecular formula is C14H11FN4O2. The summed E-state index contributed by atoms with van der Waals surface area (Å²) in [6.45, 7) is 1.31. The van der Waals surface area contributed by atoms with E-state index in [-0.39, 0.29) is 17.3 Å². The zero-order valence-corrected chi connectivity index (χ0v) is 11.1. The Hall–Kier alpha value is -2.82. The number of carbonyl (C=O) groups excluding carboxylic acids is 1. The van der Waals surface area contributed by atoms with Gasteiger partial charge in [0.1, 0.15) is 23.4 Å². The van der Waals surface area contributed by atoms with Gasteiger partial charge in [-0.2, -0.15) is 5.26 Å². The van der Waals surface area contributed by atoms with Gasteiger partial charge in [-0.05, 0) is 18.2 Å². The van der Waals surface area contributed by atoms with Gasteiger partial charge in [-0.3, -0.25) is 9.69 Å². The molecule has 0 bridgehead atoms. The minimum absolute atomic E-state index is 0.176. The molecular weight excluding hydrogens is 275 g/mol. The van der Waals surface area contributed by atoms with Gasteiger partial charge in [0.2, 0.25) is 5.91 Å². The zero-order valence-electron chi connectivity index (χ0n) is 11.1. The maximum absolute atomic E-state index is 13.4. The van der Waals surface area contributed by atoms with Crippen LogP contribution in [0.5, 0.6) is 0 Å². The highest BCUT2D eigenvalue weighted by atomic mass is 19.1. The number of nitrogens with two attached hydrogens (primary N) is 1. The molecule has 1 heterocycles. The van der Waals surface area contributed by atoms with Crippen LogP contribution in [0.25, 0.3) is 0 Å². The fourth-order valence-electron chi connectivity index (χ4n) is 1.84. The highest BCUT2D eigenvalue weighted by Gasteiger charge is 2.17. The molecule has 0 aliphatic carbocycles. The van der Waals surface area contributed by atoms with E-state index in [0.717, 1.165) is 6.07 Å². The third-order valence-electron chi connectivity index (χ3n) is 2.78. The topological polar surface area (TPSA) is 96.7 Å². The summed E-state index contributed by atoms with van der Waals surface area (Å²) >= 11 is 0. The molecule has 2 N–H and O–H groups in total. The highest BCUT2D eigenvalue weighted by molar-refractivity contribution is 5.98. The number of quaternary nitrogens is 1. The van der Waals surface area contributed by atoms with Gasteiger partial charge < -0.3 is 10.7 Å². The summed E-state index contributed by atoms with van der Waals surface area (Å²) < 4.78 is 13.4. The average molecular weight is 286 g/mol. The Bertz CT molecular complexity index is 727. The van der Waals surface area contributed by atoms with Gasteiger partial charge in [-0.15, -0.1) is 0 Å². The number of nitrogens with zero attached hydrogens (tertiary/aromatic N) is 3. The number of benzene rings is 1. The number of carbonyl (C=O) groups is 1. The van der Waals surface area contributed by atoms with Crippen LogP contribution in [0.1, 0.15) is 12.5 Å². The second-order valence-corrected chi connectivity index (χ2v) is 4.20. The molecule has 6 nitrogen and oxygen atoms in total. The summed E-state index contributed by atoms with van der Waals surface area (Å²) in [6.07, 6.45) is 1.39. The van der Waals surface area contributed by atoms with E-state index in [9.17, 15) is 14.4 Å². The first-order valence-electron chi connectivity index (χ1n) is 5.98. The molecule has 21 heavy (non-hydrogen) atoms. The van der Waals surface area contributed by atoms with Crippen LogP contribution in [0.2, 0.25) is 0 Å². The molecule has 0 unspecified atom stereocenters. The molecule has 1 aromatic carbocycles. The van der Waals surface area contributed by atoms with Crippen molar-refractivity contribution < 1.29 is 14.7 Å². The van der Waals surface area contributed by atoms with Crippen LogP contribution in [0.3, 0.4) is 0 Å². The van der Waals surface area contributed by atoms with Crippen LogP contribution < -0.4 is 10.4 Å². The maximum atomic E-state index is 13.4. The van der Waals surface area contributed by atoms with Gasteiger partial charge in [0.25, 0.3) is 0 Å². The predicted molar refractivity (Wildman–Crippen MR) is 73.1 cm³/mol. The molecule has 106 valence electrons. The normalized spacial score (nSPS) is 10.0. The van der Waals surface area contributed by atoms with Crippen molar-refractivity contribution in [3.63, 3.8) is 0 Å². The number of amides is 1. The monoisotopic (exact) mass is 286 g/mol. The summed E-state index contributed by atoms with van der Waals surface area (Å²) in [6, 6.07) is 8.38. The van der Waals surface area contributed by atoms with Crippen LogP contribution in [0.4, 0.5) is 21.6 Å². The summed E-state index contributed by atoms with van der Waals surface area (Å²) in [5.74, 6) is -0.817. The van der Waals surface area contributed by atoms with E-state index in [1.165, 1.54) is 42.3 Å². The third-order valence-corrected chi connectivity index (χ3v) is 2.78. The van der Waals surface area contributed by atoms with Crippen molar-refractivity contribution in [1.29, 1.82) is 5.26 Å². The van der Waals surface area contributed by atoms with Crippen LogP contribution in [-0.2, 0) is 4.79 Å². The summed E-state index contributed by atoms with van der Waals surface area (Å²) in [5.41, 5.74) is 1.12. The van der Waals surface area contributed by atoms with Crippen molar-refractivity contribution in [3.05, 3.63) is 53.1 Å². The minimum Gasteiger partial charge on any atom is -0.630 e. The van der Waals surface area contributed by atoms with Gasteiger partial charge in [0.15, 0.2) is 0 Å². The zero-order chi connectivity index (χ0) is 15.4. The first kappa shape index (κ1) is 14.6. The Labute approximate surface area is 120 Å². The van der Waals surface area contributed by atoms with Crippen LogP contribution in [-0.4, -0.2) is 10.9 Å². The minimum atomic E-state index is -0.667. The second kappa shape index (κ2) is 6.09. The van der Waals surface area contributed by atoms with Crippen molar-refractivity contribution in [2.75, 3.05) is 4.90 Å². The lowest BCUT2D eigenvalue weighted by molar-refractivity contribution is -0.497. The number of pyridine rings is 1.